The molecule has 4 aliphatic rings. The molecule has 4 fully saturated rings. The minimum Gasteiger partial charge on any atom is -0.462 e. The highest BCUT2D eigenvalue weighted by atomic mass is 16.5. The minimum absolute atomic E-state index is 0.0281. The number of hydrogen-bond acceptors (Lipinski definition) is 4. The van der Waals surface area contributed by atoms with E-state index in [0.717, 1.165) is 57.3 Å². The van der Waals surface area contributed by atoms with Gasteiger partial charge in [0, 0.05) is 12.8 Å². The third-order valence-electron chi connectivity index (χ3n) is 11.3. The summed E-state index contributed by atoms with van der Waals surface area (Å²) >= 11 is 0. The van der Waals surface area contributed by atoms with Crippen LogP contribution in [0.4, 0.5) is 0 Å². The van der Waals surface area contributed by atoms with E-state index in [0.29, 0.717) is 17.8 Å². The summed E-state index contributed by atoms with van der Waals surface area (Å²) in [5, 5.41) is 23.0. The summed E-state index contributed by atoms with van der Waals surface area (Å²) < 4.78 is 5.94. The van der Waals surface area contributed by atoms with Crippen molar-refractivity contribution in [2.75, 3.05) is 0 Å². The Morgan fingerprint density at radius 1 is 0.970 bits per heavy atom. The standard InChI is InChI=1S/C29H50O4/c1-18(2)8-7-9-19(3)22-12-15-29(32)24-17-26(33-20(4)30)25-16-21(31)10-13-27(25,5)23(24)11-14-28(22,29)6/h18-19,21-26,31-32H,7-17H2,1-6H3/t19-,21+,22-,23+,24-,25-,26-,27-,28-,29-/m1/s1. The van der Waals surface area contributed by atoms with E-state index in [9.17, 15) is 15.0 Å². The molecule has 0 bridgehead atoms. The molecule has 33 heavy (non-hydrogen) atoms. The highest BCUT2D eigenvalue weighted by Crippen LogP contribution is 2.70. The first kappa shape index (κ1) is 25.5. The molecule has 0 aromatic rings. The summed E-state index contributed by atoms with van der Waals surface area (Å²) in [5.74, 6) is 2.58. The van der Waals surface area contributed by atoms with Crippen molar-refractivity contribution in [2.45, 2.75) is 130 Å². The fourth-order valence-corrected chi connectivity index (χ4v) is 9.55. The normalized spacial score (nSPS) is 48.0. The summed E-state index contributed by atoms with van der Waals surface area (Å²) in [6, 6.07) is 0. The van der Waals surface area contributed by atoms with Crippen molar-refractivity contribution >= 4 is 5.97 Å². The maximum absolute atomic E-state index is 12.5. The van der Waals surface area contributed by atoms with E-state index in [1.54, 1.807) is 0 Å². The van der Waals surface area contributed by atoms with Crippen molar-refractivity contribution in [3.63, 3.8) is 0 Å². The average molecular weight is 463 g/mol. The van der Waals surface area contributed by atoms with Crippen molar-refractivity contribution in [3.05, 3.63) is 0 Å². The van der Waals surface area contributed by atoms with Gasteiger partial charge >= 0.3 is 5.97 Å². The molecule has 10 atom stereocenters. The van der Waals surface area contributed by atoms with Crippen LogP contribution in [-0.2, 0) is 9.53 Å². The van der Waals surface area contributed by atoms with Crippen molar-refractivity contribution < 1.29 is 19.7 Å². The molecule has 190 valence electrons. The van der Waals surface area contributed by atoms with Gasteiger partial charge < -0.3 is 14.9 Å². The van der Waals surface area contributed by atoms with Crippen molar-refractivity contribution in [2.24, 2.45) is 46.3 Å². The lowest BCUT2D eigenvalue weighted by Crippen LogP contribution is -2.65. The van der Waals surface area contributed by atoms with Crippen LogP contribution < -0.4 is 0 Å². The van der Waals surface area contributed by atoms with Crippen LogP contribution in [0.25, 0.3) is 0 Å². The van der Waals surface area contributed by atoms with E-state index in [-0.39, 0.29) is 40.8 Å². The summed E-state index contributed by atoms with van der Waals surface area (Å²) in [4.78, 5) is 12.0. The largest absolute Gasteiger partial charge is 0.462 e. The predicted octanol–water partition coefficient (Wildman–Crippen LogP) is 6.13. The SMILES string of the molecule is CC(=O)O[C@@H]1C[C@@H]2[C@H](CC[C@]3(C)[C@@H]([C@H](C)CCCC(C)C)CC[C@@]23O)[C@@]2(C)CC[C@H](O)C[C@H]12. The first-order chi connectivity index (χ1) is 15.4. The van der Waals surface area contributed by atoms with E-state index >= 15 is 0 Å². The zero-order valence-corrected chi connectivity index (χ0v) is 22.1. The Morgan fingerprint density at radius 3 is 2.36 bits per heavy atom. The molecule has 0 amide bonds. The van der Waals surface area contributed by atoms with Crippen LogP contribution in [0.3, 0.4) is 0 Å². The number of rotatable bonds is 6. The number of esters is 1. The zero-order valence-electron chi connectivity index (χ0n) is 22.1. The number of aliphatic hydroxyl groups is 2. The first-order valence-corrected chi connectivity index (χ1v) is 14.0. The molecule has 0 radical (unpaired) electrons. The lowest BCUT2D eigenvalue weighted by Gasteiger charge is -2.65. The molecular weight excluding hydrogens is 412 g/mol. The van der Waals surface area contributed by atoms with Gasteiger partial charge in [0.25, 0.3) is 0 Å². The van der Waals surface area contributed by atoms with Gasteiger partial charge in [-0.1, -0.05) is 53.9 Å². The number of fused-ring (bicyclic) bond motifs is 5. The molecule has 4 rings (SSSR count). The Hall–Kier alpha value is -0.610. The average Bonchev–Trinajstić information content (AvgIpc) is 3.00. The highest BCUT2D eigenvalue weighted by Gasteiger charge is 2.69. The third-order valence-corrected chi connectivity index (χ3v) is 11.3. The Bertz CT molecular complexity index is 720. The Labute approximate surface area is 202 Å². The Kier molecular flexibility index (Phi) is 7.04. The first-order valence-electron chi connectivity index (χ1n) is 14.0. The third kappa shape index (κ3) is 4.20. The lowest BCUT2D eigenvalue weighted by molar-refractivity contribution is -0.238. The van der Waals surface area contributed by atoms with Crippen LogP contribution in [0.2, 0.25) is 0 Å². The Balaban J connectivity index is 1.60. The number of carbonyl (C=O) groups excluding carboxylic acids is 1. The van der Waals surface area contributed by atoms with Crippen LogP contribution in [0.5, 0.6) is 0 Å². The molecule has 4 aliphatic carbocycles. The molecule has 0 aromatic carbocycles. The number of hydrogen-bond donors (Lipinski definition) is 2. The molecule has 0 heterocycles. The van der Waals surface area contributed by atoms with E-state index in [1.807, 2.05) is 0 Å². The number of ether oxygens (including phenoxy) is 1. The van der Waals surface area contributed by atoms with Crippen molar-refractivity contribution in [1.82, 2.24) is 0 Å². The fraction of sp³-hybridized carbons (Fsp3) is 0.966. The van der Waals surface area contributed by atoms with Gasteiger partial charge in [-0.2, -0.15) is 0 Å². The van der Waals surface area contributed by atoms with E-state index in [2.05, 4.69) is 34.6 Å². The van der Waals surface area contributed by atoms with Gasteiger partial charge in [-0.05, 0) is 91.8 Å². The van der Waals surface area contributed by atoms with Crippen LogP contribution in [0.15, 0.2) is 0 Å². The van der Waals surface area contributed by atoms with E-state index in [1.165, 1.54) is 26.2 Å². The zero-order chi connectivity index (χ0) is 24.2. The highest BCUT2D eigenvalue weighted by molar-refractivity contribution is 5.66. The molecule has 4 saturated carbocycles. The molecular formula is C29H50O4. The van der Waals surface area contributed by atoms with Crippen LogP contribution >= 0.6 is 0 Å². The number of carbonyl (C=O) groups is 1. The summed E-state index contributed by atoms with van der Waals surface area (Å²) in [5.41, 5.74) is -0.695. The van der Waals surface area contributed by atoms with Gasteiger partial charge in [-0.25, -0.2) is 0 Å². The minimum atomic E-state index is -0.671. The van der Waals surface area contributed by atoms with E-state index in [4.69, 9.17) is 4.74 Å². The summed E-state index contributed by atoms with van der Waals surface area (Å²) in [6.07, 6.45) is 10.9. The molecule has 0 saturated heterocycles. The fourth-order valence-electron chi connectivity index (χ4n) is 9.55. The smallest absolute Gasteiger partial charge is 0.302 e. The van der Waals surface area contributed by atoms with Gasteiger partial charge in [-0.15, -0.1) is 0 Å². The maximum Gasteiger partial charge on any atom is 0.302 e. The number of aliphatic hydroxyl groups excluding tert-OH is 1. The molecule has 4 nitrogen and oxygen atoms in total. The van der Waals surface area contributed by atoms with Crippen LogP contribution in [-0.4, -0.2) is 34.0 Å². The van der Waals surface area contributed by atoms with Gasteiger partial charge in [0.1, 0.15) is 6.10 Å². The second-order valence-electron chi connectivity index (χ2n) is 13.5. The van der Waals surface area contributed by atoms with Gasteiger partial charge in [-0.3, -0.25) is 4.79 Å². The molecule has 4 heteroatoms. The van der Waals surface area contributed by atoms with Crippen molar-refractivity contribution in [3.8, 4) is 0 Å². The molecule has 0 aromatic heterocycles. The van der Waals surface area contributed by atoms with Crippen LogP contribution in [0, 0.1) is 46.3 Å². The molecule has 0 aliphatic heterocycles. The topological polar surface area (TPSA) is 66.8 Å². The monoisotopic (exact) mass is 462 g/mol. The second-order valence-corrected chi connectivity index (χ2v) is 13.5. The quantitative estimate of drug-likeness (QED) is 0.466. The van der Waals surface area contributed by atoms with Crippen LogP contribution in [0.1, 0.15) is 112 Å². The second kappa shape index (κ2) is 9.12. The maximum atomic E-state index is 12.5. The van der Waals surface area contributed by atoms with Gasteiger partial charge in [0.2, 0.25) is 0 Å². The molecule has 2 N–H and O–H groups in total. The Morgan fingerprint density at radius 2 is 1.70 bits per heavy atom. The van der Waals surface area contributed by atoms with Crippen molar-refractivity contribution in [1.29, 1.82) is 0 Å². The predicted molar refractivity (Wildman–Crippen MR) is 131 cm³/mol. The summed E-state index contributed by atoms with van der Waals surface area (Å²) in [7, 11) is 0. The molecule has 0 unspecified atom stereocenters. The van der Waals surface area contributed by atoms with Gasteiger partial charge in [0.15, 0.2) is 0 Å². The lowest BCUT2D eigenvalue weighted by atomic mass is 9.42. The summed E-state index contributed by atoms with van der Waals surface area (Å²) in [6.45, 7) is 13.3. The van der Waals surface area contributed by atoms with Gasteiger partial charge in [0.05, 0.1) is 11.7 Å². The molecule has 0 spiro atoms. The van der Waals surface area contributed by atoms with E-state index < -0.39 is 5.60 Å².